The van der Waals surface area contributed by atoms with Crippen LogP contribution < -0.4 is 10.2 Å². The van der Waals surface area contributed by atoms with E-state index in [4.69, 9.17) is 0 Å². The summed E-state index contributed by atoms with van der Waals surface area (Å²) in [5, 5.41) is 12.7. The zero-order valence-electron chi connectivity index (χ0n) is 21.4. The van der Waals surface area contributed by atoms with Gasteiger partial charge in [0, 0.05) is 37.0 Å². The van der Waals surface area contributed by atoms with E-state index in [9.17, 15) is 31.5 Å². The highest BCUT2D eigenvalue weighted by Crippen LogP contribution is 2.34. The number of hydrogen-bond acceptors (Lipinski definition) is 7. The van der Waals surface area contributed by atoms with Crippen LogP contribution in [0.15, 0.2) is 59.8 Å². The molecule has 2 N–H and O–H groups in total. The summed E-state index contributed by atoms with van der Waals surface area (Å²) in [7, 11) is -3.38. The van der Waals surface area contributed by atoms with E-state index >= 15 is 0 Å². The Balaban J connectivity index is 1.54. The number of rotatable bonds is 8. The largest absolute Gasteiger partial charge is 0.419 e. The summed E-state index contributed by atoms with van der Waals surface area (Å²) in [6.45, 7) is 4.01. The van der Waals surface area contributed by atoms with Gasteiger partial charge in [-0.2, -0.15) is 13.2 Å². The lowest BCUT2D eigenvalue weighted by molar-refractivity contribution is -0.138. The predicted molar refractivity (Wildman–Crippen MR) is 139 cm³/mol. The van der Waals surface area contributed by atoms with Gasteiger partial charge in [0.05, 0.1) is 28.9 Å². The Morgan fingerprint density at radius 3 is 2.36 bits per heavy atom. The molecule has 39 heavy (non-hydrogen) atoms. The molecule has 0 saturated carbocycles. The van der Waals surface area contributed by atoms with Gasteiger partial charge < -0.3 is 15.3 Å². The highest BCUT2D eigenvalue weighted by Gasteiger charge is 2.32. The fourth-order valence-electron chi connectivity index (χ4n) is 4.60. The number of nitrogens with one attached hydrogen (secondary N) is 1. The van der Waals surface area contributed by atoms with E-state index in [2.05, 4.69) is 15.3 Å². The maximum atomic E-state index is 13.1. The lowest BCUT2D eigenvalue weighted by atomic mass is 9.87. The van der Waals surface area contributed by atoms with Crippen LogP contribution in [0.2, 0.25) is 0 Å². The summed E-state index contributed by atoms with van der Waals surface area (Å²) in [6, 6.07) is 10.6. The third-order valence-electron chi connectivity index (χ3n) is 6.90. The minimum atomic E-state index is -4.52. The zero-order chi connectivity index (χ0) is 28.4. The summed E-state index contributed by atoms with van der Waals surface area (Å²) in [5.41, 5.74) is 1.86. The second kappa shape index (κ2) is 11.3. The number of nitrogens with zero attached hydrogens (tertiary/aromatic N) is 3. The molecule has 1 aromatic heterocycles. The molecule has 2 heterocycles. The van der Waals surface area contributed by atoms with Crippen molar-refractivity contribution in [2.45, 2.75) is 49.8 Å². The van der Waals surface area contributed by atoms with Crippen LogP contribution in [0.25, 0.3) is 0 Å². The molecule has 12 heteroatoms. The van der Waals surface area contributed by atoms with Gasteiger partial charge in [-0.05, 0) is 47.4 Å². The van der Waals surface area contributed by atoms with Crippen LogP contribution in [0.5, 0.6) is 0 Å². The van der Waals surface area contributed by atoms with Crippen LogP contribution in [0, 0.1) is 0 Å². The van der Waals surface area contributed by atoms with Crippen LogP contribution in [-0.4, -0.2) is 48.3 Å². The van der Waals surface area contributed by atoms with Crippen LogP contribution in [0.1, 0.15) is 64.8 Å². The fourth-order valence-corrected chi connectivity index (χ4v) is 5.48. The Hall–Kier alpha value is -3.51. The van der Waals surface area contributed by atoms with Gasteiger partial charge in [0.15, 0.2) is 9.84 Å². The SMILES string of the molecule is CC[C@@H]1CN(c2ncc(C(F)(F)F)cn2)Cc2cc(C(=O)NC(CO)c3ccc(S(=O)(=O)CC)cc3)ccc21. The highest BCUT2D eigenvalue weighted by molar-refractivity contribution is 7.91. The minimum absolute atomic E-state index is 0.0356. The van der Waals surface area contributed by atoms with Gasteiger partial charge in [0.2, 0.25) is 5.95 Å². The van der Waals surface area contributed by atoms with Crippen LogP contribution in [0.3, 0.4) is 0 Å². The van der Waals surface area contributed by atoms with Gasteiger partial charge >= 0.3 is 6.18 Å². The average molecular weight is 563 g/mol. The smallest absolute Gasteiger partial charge is 0.394 e. The Morgan fingerprint density at radius 1 is 1.13 bits per heavy atom. The lowest BCUT2D eigenvalue weighted by Crippen LogP contribution is -2.35. The molecule has 0 fully saturated rings. The van der Waals surface area contributed by atoms with Crippen LogP contribution in [-0.2, 0) is 22.6 Å². The van der Waals surface area contributed by atoms with Gasteiger partial charge in [-0.25, -0.2) is 18.4 Å². The molecule has 0 aliphatic carbocycles. The maximum absolute atomic E-state index is 13.1. The molecule has 1 amide bonds. The second-order valence-electron chi connectivity index (χ2n) is 9.35. The molecule has 4 rings (SSSR count). The van der Waals surface area contributed by atoms with E-state index in [-0.39, 0.29) is 22.5 Å². The average Bonchev–Trinajstić information content (AvgIpc) is 2.94. The van der Waals surface area contributed by atoms with Gasteiger partial charge in [-0.1, -0.05) is 32.0 Å². The van der Waals surface area contributed by atoms with Gasteiger partial charge in [-0.3, -0.25) is 4.79 Å². The molecule has 0 radical (unpaired) electrons. The number of halogens is 3. The zero-order valence-corrected chi connectivity index (χ0v) is 22.3. The number of hydrogen-bond donors (Lipinski definition) is 2. The minimum Gasteiger partial charge on any atom is -0.394 e. The summed E-state index contributed by atoms with van der Waals surface area (Å²) in [5.74, 6) is -0.222. The predicted octanol–water partition coefficient (Wildman–Crippen LogP) is 4.27. The van der Waals surface area contributed by atoms with Crippen molar-refractivity contribution < 1.29 is 31.5 Å². The fraction of sp³-hybridized carbons (Fsp3) is 0.370. The molecule has 2 atom stereocenters. The van der Waals surface area contributed by atoms with E-state index in [0.29, 0.717) is 24.2 Å². The summed E-state index contributed by atoms with van der Waals surface area (Å²) >= 11 is 0. The monoisotopic (exact) mass is 562 g/mol. The first-order chi connectivity index (χ1) is 18.5. The molecular weight excluding hydrogens is 533 g/mol. The Kier molecular flexibility index (Phi) is 8.26. The molecule has 1 aliphatic heterocycles. The first-order valence-electron chi connectivity index (χ1n) is 12.5. The van der Waals surface area contributed by atoms with Crippen molar-refractivity contribution in [1.29, 1.82) is 0 Å². The van der Waals surface area contributed by atoms with E-state index in [0.717, 1.165) is 29.9 Å². The number of anilines is 1. The Bertz CT molecular complexity index is 1430. The third-order valence-corrected chi connectivity index (χ3v) is 8.65. The Labute approximate surface area is 224 Å². The lowest BCUT2D eigenvalue weighted by Gasteiger charge is -2.34. The van der Waals surface area contributed by atoms with E-state index in [1.165, 1.54) is 12.1 Å². The first-order valence-corrected chi connectivity index (χ1v) is 14.1. The number of carbonyl (C=O) groups excluding carboxylic acids is 1. The molecule has 208 valence electrons. The maximum Gasteiger partial charge on any atom is 0.419 e. The van der Waals surface area contributed by atoms with Gasteiger partial charge in [0.1, 0.15) is 0 Å². The number of alkyl halides is 3. The van der Waals surface area contributed by atoms with Crippen molar-refractivity contribution in [2.75, 3.05) is 23.8 Å². The standard InChI is InChI=1S/C27H29F3N4O4S/c1-3-17-14-34(26-31-12-21(13-32-26)27(28,29)30)15-20-11-19(7-10-23(17)20)25(36)33-24(16-35)18-5-8-22(9-6-18)39(37,38)4-2/h5-13,17,24,35H,3-4,14-16H2,1-2H3,(H,33,36)/t17-,24?/m1/s1. The van der Waals surface area contributed by atoms with Crippen LogP contribution >= 0.6 is 0 Å². The van der Waals surface area contributed by atoms with Crippen molar-refractivity contribution in [3.05, 3.63) is 82.7 Å². The Morgan fingerprint density at radius 2 is 1.79 bits per heavy atom. The number of benzene rings is 2. The van der Waals surface area contributed by atoms with E-state index < -0.39 is 40.1 Å². The number of sulfone groups is 1. The van der Waals surface area contributed by atoms with Crippen LogP contribution in [0.4, 0.5) is 19.1 Å². The quantitative estimate of drug-likeness (QED) is 0.422. The van der Waals surface area contributed by atoms with Crippen molar-refractivity contribution >= 4 is 21.7 Å². The molecule has 2 aromatic carbocycles. The van der Waals surface area contributed by atoms with Gasteiger partial charge in [-0.15, -0.1) is 0 Å². The van der Waals surface area contributed by atoms with E-state index in [1.54, 1.807) is 36.1 Å². The molecule has 8 nitrogen and oxygen atoms in total. The number of amides is 1. The number of aromatic nitrogens is 2. The topological polar surface area (TPSA) is 112 Å². The van der Waals surface area contributed by atoms with E-state index in [1.807, 2.05) is 13.0 Å². The van der Waals surface area contributed by atoms with Gasteiger partial charge in [0.25, 0.3) is 5.91 Å². The first kappa shape index (κ1) is 28.5. The number of aliphatic hydroxyl groups is 1. The molecule has 3 aromatic rings. The highest BCUT2D eigenvalue weighted by atomic mass is 32.2. The molecular formula is C27H29F3N4O4S. The molecule has 0 spiro atoms. The van der Waals surface area contributed by atoms with Crippen molar-refractivity contribution in [1.82, 2.24) is 15.3 Å². The van der Waals surface area contributed by atoms with Crippen molar-refractivity contribution in [3.63, 3.8) is 0 Å². The summed E-state index contributed by atoms with van der Waals surface area (Å²) < 4.78 is 62.9. The second-order valence-corrected chi connectivity index (χ2v) is 11.6. The molecule has 0 bridgehead atoms. The summed E-state index contributed by atoms with van der Waals surface area (Å²) in [4.78, 5) is 22.9. The molecule has 1 aliphatic rings. The number of fused-ring (bicyclic) bond motifs is 1. The van der Waals surface area contributed by atoms with Crippen molar-refractivity contribution in [3.8, 4) is 0 Å². The number of carbonyl (C=O) groups is 1. The third kappa shape index (κ3) is 6.22. The molecule has 0 saturated heterocycles. The van der Waals surface area contributed by atoms with Crippen molar-refractivity contribution in [2.24, 2.45) is 0 Å². The summed E-state index contributed by atoms with van der Waals surface area (Å²) in [6.07, 6.45) is -2.22. The molecule has 1 unspecified atom stereocenters. The number of aliphatic hydroxyl groups excluding tert-OH is 1. The normalized spacial score (nSPS) is 16.5.